The molecule has 3 aromatic rings. The van der Waals surface area contributed by atoms with Crippen LogP contribution in [0.1, 0.15) is 22.4 Å². The molecule has 3 nitrogen and oxygen atoms in total. The van der Waals surface area contributed by atoms with Gasteiger partial charge in [-0.3, -0.25) is 9.67 Å². The summed E-state index contributed by atoms with van der Waals surface area (Å²) in [6.07, 6.45) is 1.87. The molecule has 3 rings (SSSR count). The summed E-state index contributed by atoms with van der Waals surface area (Å²) >= 11 is 0. The smallest absolute Gasteiger partial charge is 0.111 e. The van der Waals surface area contributed by atoms with Gasteiger partial charge in [0.25, 0.3) is 0 Å². The van der Waals surface area contributed by atoms with E-state index in [2.05, 4.69) is 55.1 Å². The second-order valence-corrected chi connectivity index (χ2v) is 5.53. The zero-order valence-corrected chi connectivity index (χ0v) is 12.9. The minimum atomic E-state index is 0.910. The van der Waals surface area contributed by atoms with Crippen molar-refractivity contribution in [2.45, 2.75) is 20.8 Å². The summed E-state index contributed by atoms with van der Waals surface area (Å²) in [6, 6.07) is 12.5. The Morgan fingerprint density at radius 2 is 1.71 bits per heavy atom. The minimum Gasteiger partial charge on any atom is -0.267 e. The summed E-state index contributed by atoms with van der Waals surface area (Å²) < 4.78 is 1.89. The maximum Gasteiger partial charge on any atom is 0.111 e. The van der Waals surface area contributed by atoms with E-state index in [9.17, 15) is 0 Å². The number of aryl methyl sites for hydroxylation is 4. The van der Waals surface area contributed by atoms with Gasteiger partial charge in [-0.15, -0.1) is 0 Å². The molecule has 0 N–H and O–H groups in total. The molecule has 0 radical (unpaired) electrons. The lowest BCUT2D eigenvalue weighted by atomic mass is 10.1. The number of benzene rings is 2. The van der Waals surface area contributed by atoms with Crippen LogP contribution >= 0.6 is 0 Å². The number of para-hydroxylation sites is 1. The summed E-state index contributed by atoms with van der Waals surface area (Å²) in [5.41, 5.74) is 6.74. The zero-order valence-electron chi connectivity index (χ0n) is 12.9. The molecule has 0 atom stereocenters. The van der Waals surface area contributed by atoms with E-state index in [1.807, 2.05) is 30.1 Å². The standard InChI is InChI=1S/C18H19N3/c1-12-9-13(2)18(14(3)10-12)19-11-16-15-7-5-6-8-17(15)21(4)20-16/h5-11H,1-4H3. The number of hydrogen-bond acceptors (Lipinski definition) is 2. The lowest BCUT2D eigenvalue weighted by Crippen LogP contribution is -1.91. The molecule has 0 aliphatic carbocycles. The monoisotopic (exact) mass is 277 g/mol. The van der Waals surface area contributed by atoms with E-state index < -0.39 is 0 Å². The van der Waals surface area contributed by atoms with Crippen LogP contribution in [0.3, 0.4) is 0 Å². The SMILES string of the molecule is Cc1cc(C)c(N=Cc2nn(C)c3ccccc23)c(C)c1. The van der Waals surface area contributed by atoms with Gasteiger partial charge in [-0.05, 0) is 38.0 Å². The minimum absolute atomic E-state index is 0.910. The van der Waals surface area contributed by atoms with Crippen LogP contribution in [0, 0.1) is 20.8 Å². The second kappa shape index (κ2) is 5.17. The lowest BCUT2D eigenvalue weighted by Gasteiger charge is -2.05. The van der Waals surface area contributed by atoms with E-state index >= 15 is 0 Å². The van der Waals surface area contributed by atoms with E-state index in [4.69, 9.17) is 0 Å². The maximum atomic E-state index is 4.68. The molecule has 0 bridgehead atoms. The number of aromatic nitrogens is 2. The molecular formula is C18H19N3. The first kappa shape index (κ1) is 13.6. The van der Waals surface area contributed by atoms with Gasteiger partial charge in [-0.1, -0.05) is 35.9 Å². The molecule has 0 fully saturated rings. The first-order chi connectivity index (χ1) is 10.1. The largest absolute Gasteiger partial charge is 0.267 e. The van der Waals surface area contributed by atoms with Crippen LogP contribution in [-0.4, -0.2) is 16.0 Å². The molecular weight excluding hydrogens is 258 g/mol. The Morgan fingerprint density at radius 3 is 2.43 bits per heavy atom. The topological polar surface area (TPSA) is 30.2 Å². The van der Waals surface area contributed by atoms with Gasteiger partial charge in [-0.25, -0.2) is 0 Å². The molecule has 3 heteroatoms. The van der Waals surface area contributed by atoms with Crippen molar-refractivity contribution in [3.05, 3.63) is 58.8 Å². The molecule has 0 saturated carbocycles. The van der Waals surface area contributed by atoms with E-state index in [1.165, 1.54) is 16.7 Å². The van der Waals surface area contributed by atoms with Gasteiger partial charge in [0.2, 0.25) is 0 Å². The van der Waals surface area contributed by atoms with E-state index in [0.717, 1.165) is 22.3 Å². The van der Waals surface area contributed by atoms with Crippen molar-refractivity contribution in [2.24, 2.45) is 12.0 Å². The van der Waals surface area contributed by atoms with Crippen molar-refractivity contribution < 1.29 is 0 Å². The normalized spacial score (nSPS) is 11.6. The lowest BCUT2D eigenvalue weighted by molar-refractivity contribution is 0.794. The van der Waals surface area contributed by atoms with Crippen molar-refractivity contribution in [3.63, 3.8) is 0 Å². The Hall–Kier alpha value is -2.42. The summed E-state index contributed by atoms with van der Waals surface area (Å²) in [6.45, 7) is 6.31. The van der Waals surface area contributed by atoms with Crippen molar-refractivity contribution in [1.29, 1.82) is 0 Å². The molecule has 2 aromatic carbocycles. The highest BCUT2D eigenvalue weighted by molar-refractivity contribution is 5.97. The molecule has 21 heavy (non-hydrogen) atoms. The predicted octanol–water partition coefficient (Wildman–Crippen LogP) is 4.25. The summed E-state index contributed by atoms with van der Waals surface area (Å²) in [5.74, 6) is 0. The molecule has 0 amide bonds. The van der Waals surface area contributed by atoms with Gasteiger partial charge in [0, 0.05) is 12.4 Å². The quantitative estimate of drug-likeness (QED) is 0.644. The van der Waals surface area contributed by atoms with Crippen LogP contribution < -0.4 is 0 Å². The van der Waals surface area contributed by atoms with E-state index in [1.54, 1.807) is 0 Å². The second-order valence-electron chi connectivity index (χ2n) is 5.53. The fourth-order valence-electron chi connectivity index (χ4n) is 2.84. The van der Waals surface area contributed by atoms with Crippen LogP contribution in [-0.2, 0) is 7.05 Å². The third-order valence-electron chi connectivity index (χ3n) is 3.74. The molecule has 0 spiro atoms. The third kappa shape index (κ3) is 2.47. The van der Waals surface area contributed by atoms with Crippen LogP contribution in [0.2, 0.25) is 0 Å². The zero-order chi connectivity index (χ0) is 15.0. The number of rotatable bonds is 2. The van der Waals surface area contributed by atoms with Crippen LogP contribution in [0.15, 0.2) is 41.4 Å². The third-order valence-corrected chi connectivity index (χ3v) is 3.74. The summed E-state index contributed by atoms with van der Waals surface area (Å²) in [7, 11) is 1.96. The molecule has 1 aromatic heterocycles. The van der Waals surface area contributed by atoms with Gasteiger partial charge < -0.3 is 0 Å². The highest BCUT2D eigenvalue weighted by atomic mass is 15.3. The van der Waals surface area contributed by atoms with Crippen LogP contribution in [0.4, 0.5) is 5.69 Å². The average molecular weight is 277 g/mol. The number of hydrogen-bond donors (Lipinski definition) is 0. The maximum absolute atomic E-state index is 4.68. The van der Waals surface area contributed by atoms with Crippen LogP contribution in [0.25, 0.3) is 10.9 Å². The van der Waals surface area contributed by atoms with Gasteiger partial charge >= 0.3 is 0 Å². The van der Waals surface area contributed by atoms with Gasteiger partial charge in [0.1, 0.15) is 5.69 Å². The molecule has 1 heterocycles. The Bertz CT molecular complexity index is 818. The number of fused-ring (bicyclic) bond motifs is 1. The van der Waals surface area contributed by atoms with E-state index in [-0.39, 0.29) is 0 Å². The van der Waals surface area contributed by atoms with Crippen molar-refractivity contribution in [3.8, 4) is 0 Å². The first-order valence-electron chi connectivity index (χ1n) is 7.10. The van der Waals surface area contributed by atoms with Gasteiger partial charge in [0.05, 0.1) is 17.4 Å². The van der Waals surface area contributed by atoms with Crippen LogP contribution in [0.5, 0.6) is 0 Å². The molecule has 0 saturated heterocycles. The van der Waals surface area contributed by atoms with Crippen molar-refractivity contribution >= 4 is 22.8 Å². The fourth-order valence-corrected chi connectivity index (χ4v) is 2.84. The number of nitrogens with zero attached hydrogens (tertiary/aromatic N) is 3. The number of aliphatic imine (C=N–C) groups is 1. The first-order valence-corrected chi connectivity index (χ1v) is 7.10. The van der Waals surface area contributed by atoms with Gasteiger partial charge in [-0.2, -0.15) is 5.10 Å². The Morgan fingerprint density at radius 1 is 1.05 bits per heavy atom. The Balaban J connectivity index is 2.07. The highest BCUT2D eigenvalue weighted by Crippen LogP contribution is 2.25. The average Bonchev–Trinajstić information content (AvgIpc) is 2.75. The Labute approximate surface area is 124 Å². The summed E-state index contributed by atoms with van der Waals surface area (Å²) in [4.78, 5) is 4.68. The Kier molecular flexibility index (Phi) is 3.34. The predicted molar refractivity (Wildman–Crippen MR) is 88.6 cm³/mol. The van der Waals surface area contributed by atoms with Crippen molar-refractivity contribution in [1.82, 2.24) is 9.78 Å². The fraction of sp³-hybridized carbons (Fsp3) is 0.222. The highest BCUT2D eigenvalue weighted by Gasteiger charge is 2.06. The molecule has 0 aliphatic rings. The summed E-state index contributed by atoms with van der Waals surface area (Å²) in [5, 5.41) is 5.68. The van der Waals surface area contributed by atoms with Crippen molar-refractivity contribution in [2.75, 3.05) is 0 Å². The van der Waals surface area contributed by atoms with E-state index in [0.29, 0.717) is 0 Å². The molecule has 106 valence electrons. The van der Waals surface area contributed by atoms with Gasteiger partial charge in [0.15, 0.2) is 0 Å². The molecule has 0 aliphatic heterocycles. The molecule has 0 unspecified atom stereocenters.